The Labute approximate surface area is 114 Å². The Morgan fingerprint density at radius 1 is 1.37 bits per heavy atom. The quantitative estimate of drug-likeness (QED) is 0.735. The highest BCUT2D eigenvalue weighted by Crippen LogP contribution is 2.24. The van der Waals surface area contributed by atoms with Crippen LogP contribution in [0.2, 0.25) is 0 Å². The Hall–Kier alpha value is -1.43. The summed E-state index contributed by atoms with van der Waals surface area (Å²) in [5.41, 5.74) is 5.28. The van der Waals surface area contributed by atoms with Crippen molar-refractivity contribution in [3.63, 3.8) is 0 Å². The number of carbonyl (C=O) groups excluding carboxylic acids is 1. The lowest BCUT2D eigenvalue weighted by molar-refractivity contribution is -0.131. The zero-order valence-electron chi connectivity index (χ0n) is 12.0. The van der Waals surface area contributed by atoms with Gasteiger partial charge in [0.05, 0.1) is 5.41 Å². The topological polar surface area (TPSA) is 94.0 Å². The van der Waals surface area contributed by atoms with Crippen molar-refractivity contribution in [3.8, 4) is 0 Å². The number of nitrogens with two attached hydrogens (primary N) is 1. The molecule has 108 valence electrons. The average Bonchev–Trinajstić information content (AvgIpc) is 2.89. The number of rotatable bonds is 8. The third kappa shape index (κ3) is 3.76. The van der Waals surface area contributed by atoms with Gasteiger partial charge in [0.25, 0.3) is 0 Å². The number of hydrogen-bond donors (Lipinski definition) is 2. The smallest absolute Gasteiger partial charge is 0.227 e. The number of nitrogens with one attached hydrogen (secondary N) is 1. The molecule has 0 bridgehead atoms. The van der Waals surface area contributed by atoms with Crippen LogP contribution in [-0.2, 0) is 17.6 Å². The highest BCUT2D eigenvalue weighted by atomic mass is 16.5. The molecule has 0 atom stereocenters. The fourth-order valence-corrected chi connectivity index (χ4v) is 1.96. The van der Waals surface area contributed by atoms with Crippen LogP contribution in [0.15, 0.2) is 4.52 Å². The average molecular weight is 268 g/mol. The second kappa shape index (κ2) is 7.23. The van der Waals surface area contributed by atoms with Crippen molar-refractivity contribution < 1.29 is 9.32 Å². The van der Waals surface area contributed by atoms with Crippen molar-refractivity contribution in [1.82, 2.24) is 15.5 Å². The number of carbonyl (C=O) groups is 1. The number of hydrogen-bond acceptors (Lipinski definition) is 5. The van der Waals surface area contributed by atoms with Crippen LogP contribution in [0.5, 0.6) is 0 Å². The van der Waals surface area contributed by atoms with E-state index in [1.54, 1.807) is 0 Å². The highest BCUT2D eigenvalue weighted by Gasteiger charge is 2.32. The van der Waals surface area contributed by atoms with E-state index in [1.165, 1.54) is 0 Å². The minimum absolute atomic E-state index is 0.0132. The van der Waals surface area contributed by atoms with E-state index in [9.17, 15) is 4.79 Å². The van der Waals surface area contributed by atoms with Gasteiger partial charge >= 0.3 is 0 Å². The highest BCUT2D eigenvalue weighted by molar-refractivity contribution is 5.82. The molecule has 1 aromatic heterocycles. The Kier molecular flexibility index (Phi) is 5.95. The molecule has 0 unspecified atom stereocenters. The molecule has 0 aliphatic carbocycles. The van der Waals surface area contributed by atoms with Gasteiger partial charge in [-0.05, 0) is 12.8 Å². The lowest BCUT2D eigenvalue weighted by Gasteiger charge is -2.28. The van der Waals surface area contributed by atoms with Crippen molar-refractivity contribution in [2.75, 3.05) is 13.1 Å². The van der Waals surface area contributed by atoms with Gasteiger partial charge in [-0.1, -0.05) is 25.9 Å². The molecule has 0 aliphatic rings. The van der Waals surface area contributed by atoms with Crippen molar-refractivity contribution >= 4 is 5.91 Å². The number of aryl methyl sites for hydroxylation is 1. The molecule has 0 spiro atoms. The molecule has 0 radical (unpaired) electrons. The van der Waals surface area contributed by atoms with Crippen molar-refractivity contribution in [1.29, 1.82) is 0 Å². The molecular weight excluding hydrogens is 244 g/mol. The predicted octanol–water partition coefficient (Wildman–Crippen LogP) is 1.06. The third-order valence-corrected chi connectivity index (χ3v) is 3.67. The number of aromatic nitrogens is 2. The van der Waals surface area contributed by atoms with Crippen LogP contribution < -0.4 is 11.1 Å². The first-order valence-electron chi connectivity index (χ1n) is 6.91. The molecule has 1 aromatic rings. The summed E-state index contributed by atoms with van der Waals surface area (Å²) >= 11 is 0. The minimum atomic E-state index is -0.453. The van der Waals surface area contributed by atoms with Crippen molar-refractivity contribution in [3.05, 3.63) is 11.7 Å². The van der Waals surface area contributed by atoms with E-state index in [0.717, 1.165) is 19.3 Å². The van der Waals surface area contributed by atoms with Gasteiger partial charge in [0.15, 0.2) is 5.82 Å². The fraction of sp³-hybridized carbons (Fsp3) is 0.769. The molecule has 6 heteroatoms. The van der Waals surface area contributed by atoms with Crippen molar-refractivity contribution in [2.24, 2.45) is 11.1 Å². The fourth-order valence-electron chi connectivity index (χ4n) is 1.96. The molecule has 0 fully saturated rings. The molecular formula is C13H24N4O2. The Balaban J connectivity index is 2.45. The second-order valence-corrected chi connectivity index (χ2v) is 4.66. The zero-order valence-corrected chi connectivity index (χ0v) is 12.0. The van der Waals surface area contributed by atoms with Gasteiger partial charge in [0.1, 0.15) is 0 Å². The standard InChI is InChI=1S/C13H24N4O2/c1-4-11-16-10(17-19-11)7-8-15-12(18)13(5-2,6-3)9-14/h4-9,14H2,1-3H3,(H,15,18). The molecule has 19 heavy (non-hydrogen) atoms. The molecule has 0 saturated heterocycles. The van der Waals surface area contributed by atoms with E-state index in [0.29, 0.717) is 31.2 Å². The molecule has 1 rings (SSSR count). The maximum Gasteiger partial charge on any atom is 0.227 e. The van der Waals surface area contributed by atoms with E-state index in [1.807, 2.05) is 20.8 Å². The van der Waals surface area contributed by atoms with E-state index in [-0.39, 0.29) is 5.91 Å². The molecule has 1 amide bonds. The monoisotopic (exact) mass is 268 g/mol. The van der Waals surface area contributed by atoms with E-state index >= 15 is 0 Å². The van der Waals surface area contributed by atoms with E-state index in [2.05, 4.69) is 15.5 Å². The summed E-state index contributed by atoms with van der Waals surface area (Å²) in [5, 5.41) is 6.76. The van der Waals surface area contributed by atoms with E-state index in [4.69, 9.17) is 10.3 Å². The zero-order chi connectivity index (χ0) is 14.3. The van der Waals surface area contributed by atoms with Crippen LogP contribution in [0.1, 0.15) is 45.3 Å². The second-order valence-electron chi connectivity index (χ2n) is 4.66. The first-order chi connectivity index (χ1) is 9.11. The maximum absolute atomic E-state index is 12.2. The van der Waals surface area contributed by atoms with Gasteiger partial charge < -0.3 is 15.6 Å². The summed E-state index contributed by atoms with van der Waals surface area (Å²) in [6.45, 7) is 6.81. The lowest BCUT2D eigenvalue weighted by atomic mass is 9.81. The first kappa shape index (κ1) is 15.6. The Morgan fingerprint density at radius 2 is 2.05 bits per heavy atom. The SMILES string of the molecule is CCc1nc(CCNC(=O)C(CC)(CC)CN)no1. The lowest BCUT2D eigenvalue weighted by Crippen LogP contribution is -2.45. The van der Waals surface area contributed by atoms with Crippen LogP contribution in [0.3, 0.4) is 0 Å². The largest absolute Gasteiger partial charge is 0.355 e. The molecule has 6 nitrogen and oxygen atoms in total. The van der Waals surface area contributed by atoms with E-state index < -0.39 is 5.41 Å². The molecule has 0 aliphatic heterocycles. The summed E-state index contributed by atoms with van der Waals surface area (Å²) in [6.07, 6.45) is 2.78. The molecule has 0 saturated carbocycles. The third-order valence-electron chi connectivity index (χ3n) is 3.67. The molecule has 0 aromatic carbocycles. The van der Waals surface area contributed by atoms with Gasteiger partial charge in [-0.25, -0.2) is 0 Å². The Bertz CT molecular complexity index is 391. The van der Waals surface area contributed by atoms with Gasteiger partial charge in [0.2, 0.25) is 11.8 Å². The number of nitrogens with zero attached hydrogens (tertiary/aromatic N) is 2. The normalized spacial score (nSPS) is 11.6. The van der Waals surface area contributed by atoms with Gasteiger partial charge in [0, 0.05) is 25.9 Å². The van der Waals surface area contributed by atoms with Gasteiger partial charge in [-0.2, -0.15) is 4.98 Å². The summed E-state index contributed by atoms with van der Waals surface area (Å²) in [5.74, 6) is 1.27. The summed E-state index contributed by atoms with van der Waals surface area (Å²) in [6, 6.07) is 0. The molecule has 1 heterocycles. The predicted molar refractivity (Wildman–Crippen MR) is 72.5 cm³/mol. The molecule has 3 N–H and O–H groups in total. The maximum atomic E-state index is 12.2. The van der Waals surface area contributed by atoms with Crippen LogP contribution in [0.25, 0.3) is 0 Å². The Morgan fingerprint density at radius 3 is 2.53 bits per heavy atom. The van der Waals surface area contributed by atoms with Crippen LogP contribution in [0.4, 0.5) is 0 Å². The number of amides is 1. The van der Waals surface area contributed by atoms with Crippen molar-refractivity contribution in [2.45, 2.75) is 46.5 Å². The summed E-state index contributed by atoms with van der Waals surface area (Å²) < 4.78 is 5.01. The summed E-state index contributed by atoms with van der Waals surface area (Å²) in [4.78, 5) is 16.3. The summed E-state index contributed by atoms with van der Waals surface area (Å²) in [7, 11) is 0. The van der Waals surface area contributed by atoms with Gasteiger partial charge in [-0.3, -0.25) is 4.79 Å². The minimum Gasteiger partial charge on any atom is -0.355 e. The van der Waals surface area contributed by atoms with Crippen LogP contribution in [-0.4, -0.2) is 29.1 Å². The van der Waals surface area contributed by atoms with Crippen LogP contribution in [0, 0.1) is 5.41 Å². The van der Waals surface area contributed by atoms with Gasteiger partial charge in [-0.15, -0.1) is 0 Å². The first-order valence-corrected chi connectivity index (χ1v) is 6.91. The van der Waals surface area contributed by atoms with Crippen LogP contribution >= 0.6 is 0 Å².